The van der Waals surface area contributed by atoms with Crippen LogP contribution in [0.3, 0.4) is 0 Å². The lowest BCUT2D eigenvalue weighted by molar-refractivity contribution is 0.401. The molecule has 1 aromatic heterocycles. The lowest BCUT2D eigenvalue weighted by atomic mass is 10.0. The molecule has 4 nitrogen and oxygen atoms in total. The average molecular weight is 275 g/mol. The third-order valence-electron chi connectivity index (χ3n) is 3.78. The van der Waals surface area contributed by atoms with Gasteiger partial charge in [-0.15, -0.1) is 0 Å². The van der Waals surface area contributed by atoms with Gasteiger partial charge in [0.1, 0.15) is 5.76 Å². The van der Waals surface area contributed by atoms with Crippen molar-refractivity contribution < 1.29 is 5.11 Å². The van der Waals surface area contributed by atoms with Crippen molar-refractivity contribution in [1.82, 2.24) is 10.3 Å². The summed E-state index contributed by atoms with van der Waals surface area (Å²) in [6, 6.07) is 4.80. The van der Waals surface area contributed by atoms with E-state index in [1.54, 1.807) is 6.08 Å². The van der Waals surface area contributed by atoms with Crippen molar-refractivity contribution in [2.45, 2.75) is 44.6 Å². The first kappa shape index (κ1) is 15.0. The molecule has 0 aliphatic carbocycles. The summed E-state index contributed by atoms with van der Waals surface area (Å²) < 4.78 is 0. The maximum absolute atomic E-state index is 9.38. The van der Waals surface area contributed by atoms with E-state index in [2.05, 4.69) is 22.4 Å². The van der Waals surface area contributed by atoms with Crippen molar-refractivity contribution in [1.29, 1.82) is 0 Å². The molecule has 0 spiro atoms. The molecule has 1 saturated heterocycles. The molecule has 0 bridgehead atoms. The fraction of sp³-hybridized carbons (Fsp3) is 0.562. The lowest BCUT2D eigenvalue weighted by Gasteiger charge is -2.15. The number of nitrogens with two attached hydrogens (primary N) is 1. The van der Waals surface area contributed by atoms with E-state index in [1.165, 1.54) is 31.2 Å². The smallest absolute Gasteiger partial charge is 0.102 e. The topological polar surface area (TPSA) is 71.2 Å². The second-order valence-corrected chi connectivity index (χ2v) is 5.46. The summed E-state index contributed by atoms with van der Waals surface area (Å²) in [5.74, 6) is 0.225. The van der Waals surface area contributed by atoms with E-state index in [0.29, 0.717) is 12.5 Å². The SMILES string of the molecule is NC/C(O)=C\Cc1cc(CC2CCCCCN2)ccn1. The Hall–Kier alpha value is -1.39. The van der Waals surface area contributed by atoms with Crippen LogP contribution in [-0.2, 0) is 12.8 Å². The standard InChI is InChI=1S/C16H25N3O/c17-12-16(20)6-5-15-11-13(7-9-19-15)10-14-4-2-1-3-8-18-14/h6-7,9,11,14,18,20H,1-5,8,10,12,17H2/b16-6+. The number of rotatable bonds is 5. The summed E-state index contributed by atoms with van der Waals surface area (Å²) in [4.78, 5) is 4.34. The van der Waals surface area contributed by atoms with Gasteiger partial charge in [0, 0.05) is 24.4 Å². The van der Waals surface area contributed by atoms with Crippen LogP contribution >= 0.6 is 0 Å². The van der Waals surface area contributed by atoms with Crippen LogP contribution in [0.15, 0.2) is 30.2 Å². The van der Waals surface area contributed by atoms with Crippen molar-refractivity contribution >= 4 is 0 Å². The van der Waals surface area contributed by atoms with Crippen LogP contribution in [0, 0.1) is 0 Å². The molecule has 0 aromatic carbocycles. The Kier molecular flexibility index (Phi) is 6.02. The second kappa shape index (κ2) is 8.02. The minimum absolute atomic E-state index is 0.186. The number of aromatic nitrogens is 1. The molecule has 1 atom stereocenters. The first-order valence-corrected chi connectivity index (χ1v) is 7.53. The van der Waals surface area contributed by atoms with Crippen molar-refractivity contribution in [3.63, 3.8) is 0 Å². The molecule has 1 unspecified atom stereocenters. The van der Waals surface area contributed by atoms with Crippen LogP contribution < -0.4 is 11.1 Å². The Morgan fingerprint density at radius 3 is 3.20 bits per heavy atom. The number of hydrogen-bond donors (Lipinski definition) is 3. The Morgan fingerprint density at radius 2 is 2.35 bits per heavy atom. The number of aliphatic hydroxyl groups excluding tert-OH is 1. The molecule has 4 N–H and O–H groups in total. The van der Waals surface area contributed by atoms with E-state index in [-0.39, 0.29) is 12.3 Å². The summed E-state index contributed by atoms with van der Waals surface area (Å²) in [5.41, 5.74) is 7.65. The quantitative estimate of drug-likeness (QED) is 0.720. The zero-order valence-electron chi connectivity index (χ0n) is 12.0. The van der Waals surface area contributed by atoms with E-state index in [9.17, 15) is 5.11 Å². The Labute approximate surface area is 121 Å². The maximum Gasteiger partial charge on any atom is 0.102 e. The molecule has 1 fully saturated rings. The van der Waals surface area contributed by atoms with Gasteiger partial charge in [-0.05, 0) is 49.6 Å². The summed E-state index contributed by atoms with van der Waals surface area (Å²) >= 11 is 0. The molecule has 4 heteroatoms. The minimum Gasteiger partial charge on any atom is -0.511 e. The predicted octanol–water partition coefficient (Wildman–Crippen LogP) is 2.10. The monoisotopic (exact) mass is 275 g/mol. The molecule has 2 heterocycles. The maximum atomic E-state index is 9.38. The first-order valence-electron chi connectivity index (χ1n) is 7.53. The van der Waals surface area contributed by atoms with Gasteiger partial charge in [-0.2, -0.15) is 0 Å². The van der Waals surface area contributed by atoms with Crippen LogP contribution in [-0.4, -0.2) is 29.2 Å². The largest absolute Gasteiger partial charge is 0.511 e. The van der Waals surface area contributed by atoms with E-state index < -0.39 is 0 Å². The highest BCUT2D eigenvalue weighted by Gasteiger charge is 2.12. The van der Waals surface area contributed by atoms with Crippen LogP contribution in [0.25, 0.3) is 0 Å². The fourth-order valence-corrected chi connectivity index (χ4v) is 2.63. The summed E-state index contributed by atoms with van der Waals surface area (Å²) in [6.45, 7) is 1.32. The third kappa shape index (κ3) is 4.94. The molecule has 2 rings (SSSR count). The first-order chi connectivity index (χ1) is 9.78. The van der Waals surface area contributed by atoms with Gasteiger partial charge in [-0.1, -0.05) is 12.8 Å². The van der Waals surface area contributed by atoms with Crippen LogP contribution in [0.5, 0.6) is 0 Å². The molecule has 1 aliphatic heterocycles. The fourth-order valence-electron chi connectivity index (χ4n) is 2.63. The molecule has 20 heavy (non-hydrogen) atoms. The zero-order chi connectivity index (χ0) is 14.2. The summed E-state index contributed by atoms with van der Waals surface area (Å²) in [5, 5.41) is 13.0. The number of aliphatic hydroxyl groups is 1. The second-order valence-electron chi connectivity index (χ2n) is 5.46. The van der Waals surface area contributed by atoms with E-state index >= 15 is 0 Å². The van der Waals surface area contributed by atoms with Crippen LogP contribution in [0.1, 0.15) is 36.9 Å². The number of nitrogens with zero attached hydrogens (tertiary/aromatic N) is 1. The van der Waals surface area contributed by atoms with Gasteiger partial charge in [0.05, 0.1) is 6.54 Å². The molecule has 0 radical (unpaired) electrons. The molecule has 110 valence electrons. The normalized spacial score (nSPS) is 20.6. The molecule has 0 amide bonds. The Balaban J connectivity index is 1.94. The van der Waals surface area contributed by atoms with Gasteiger partial charge in [0.25, 0.3) is 0 Å². The minimum atomic E-state index is 0.186. The number of nitrogens with one attached hydrogen (secondary N) is 1. The van der Waals surface area contributed by atoms with Crippen molar-refractivity contribution in [2.24, 2.45) is 5.73 Å². The molecular formula is C16H25N3O. The van der Waals surface area contributed by atoms with Gasteiger partial charge in [0.15, 0.2) is 0 Å². The van der Waals surface area contributed by atoms with Crippen molar-refractivity contribution in [2.75, 3.05) is 13.1 Å². The van der Waals surface area contributed by atoms with Crippen LogP contribution in [0.2, 0.25) is 0 Å². The molecule has 1 aromatic rings. The van der Waals surface area contributed by atoms with E-state index in [1.807, 2.05) is 6.20 Å². The van der Waals surface area contributed by atoms with Crippen molar-refractivity contribution in [3.8, 4) is 0 Å². The summed E-state index contributed by atoms with van der Waals surface area (Å²) in [6.07, 6.45) is 10.5. The van der Waals surface area contributed by atoms with Gasteiger partial charge < -0.3 is 16.2 Å². The molecular weight excluding hydrogens is 250 g/mol. The Morgan fingerprint density at radius 1 is 1.45 bits per heavy atom. The van der Waals surface area contributed by atoms with Gasteiger partial charge in [0.2, 0.25) is 0 Å². The summed E-state index contributed by atoms with van der Waals surface area (Å²) in [7, 11) is 0. The van der Waals surface area contributed by atoms with Gasteiger partial charge >= 0.3 is 0 Å². The number of hydrogen-bond acceptors (Lipinski definition) is 4. The highest BCUT2D eigenvalue weighted by molar-refractivity contribution is 5.19. The van der Waals surface area contributed by atoms with Crippen molar-refractivity contribution in [3.05, 3.63) is 41.4 Å². The van der Waals surface area contributed by atoms with E-state index in [4.69, 9.17) is 5.73 Å². The van der Waals surface area contributed by atoms with Gasteiger partial charge in [-0.3, -0.25) is 4.98 Å². The molecule has 1 aliphatic rings. The highest BCUT2D eigenvalue weighted by Crippen LogP contribution is 2.14. The zero-order valence-corrected chi connectivity index (χ0v) is 12.0. The highest BCUT2D eigenvalue weighted by atomic mass is 16.3. The number of pyridine rings is 1. The van der Waals surface area contributed by atoms with Gasteiger partial charge in [-0.25, -0.2) is 0 Å². The predicted molar refractivity (Wildman–Crippen MR) is 81.7 cm³/mol. The number of allylic oxidation sites excluding steroid dienone is 1. The average Bonchev–Trinajstić information content (AvgIpc) is 2.74. The lowest BCUT2D eigenvalue weighted by Crippen LogP contribution is -2.30. The Bertz CT molecular complexity index is 437. The van der Waals surface area contributed by atoms with Crippen LogP contribution in [0.4, 0.5) is 0 Å². The van der Waals surface area contributed by atoms with E-state index in [0.717, 1.165) is 18.7 Å². The third-order valence-corrected chi connectivity index (χ3v) is 3.78. The molecule has 0 saturated carbocycles.